The van der Waals surface area contributed by atoms with Crippen molar-refractivity contribution in [2.24, 2.45) is 0 Å². The first-order chi connectivity index (χ1) is 11.4. The molecule has 6 heteroatoms. The van der Waals surface area contributed by atoms with Gasteiger partial charge >= 0.3 is 6.03 Å². The monoisotopic (exact) mass is 329 g/mol. The van der Waals surface area contributed by atoms with Crippen molar-refractivity contribution in [2.45, 2.75) is 20.4 Å². The van der Waals surface area contributed by atoms with Gasteiger partial charge in [-0.15, -0.1) is 0 Å². The summed E-state index contributed by atoms with van der Waals surface area (Å²) in [5.74, 6) is -0.483. The first kappa shape index (κ1) is 17.5. The maximum atomic E-state index is 13.2. The molecule has 0 aliphatic heterocycles. The SMILES string of the molecule is CNC(=O)c1cccc(NC(=O)NCc2ccc(F)c(C)c2)c1C. The Labute approximate surface area is 140 Å². The first-order valence-electron chi connectivity index (χ1n) is 7.54. The van der Waals surface area contributed by atoms with Crippen LogP contribution in [0.5, 0.6) is 0 Å². The van der Waals surface area contributed by atoms with Crippen LogP contribution in [0.25, 0.3) is 0 Å². The molecule has 0 heterocycles. The number of rotatable bonds is 4. The Morgan fingerprint density at radius 1 is 1.12 bits per heavy atom. The van der Waals surface area contributed by atoms with Crippen LogP contribution < -0.4 is 16.0 Å². The zero-order chi connectivity index (χ0) is 17.7. The number of urea groups is 1. The summed E-state index contributed by atoms with van der Waals surface area (Å²) in [7, 11) is 1.55. The average molecular weight is 329 g/mol. The van der Waals surface area contributed by atoms with E-state index in [2.05, 4.69) is 16.0 Å². The second-order valence-corrected chi connectivity index (χ2v) is 5.45. The van der Waals surface area contributed by atoms with Crippen LogP contribution >= 0.6 is 0 Å². The van der Waals surface area contributed by atoms with E-state index in [4.69, 9.17) is 0 Å². The number of amides is 3. The molecule has 0 bridgehead atoms. The van der Waals surface area contributed by atoms with Crippen molar-refractivity contribution in [3.8, 4) is 0 Å². The van der Waals surface area contributed by atoms with Crippen molar-refractivity contribution in [1.82, 2.24) is 10.6 Å². The van der Waals surface area contributed by atoms with Gasteiger partial charge in [-0.25, -0.2) is 9.18 Å². The number of halogens is 1. The van der Waals surface area contributed by atoms with E-state index in [1.165, 1.54) is 6.07 Å². The number of hydrogen-bond donors (Lipinski definition) is 3. The molecule has 5 nitrogen and oxygen atoms in total. The molecule has 0 saturated heterocycles. The molecule has 0 aromatic heterocycles. The summed E-state index contributed by atoms with van der Waals surface area (Å²) in [6.07, 6.45) is 0. The molecule has 24 heavy (non-hydrogen) atoms. The number of anilines is 1. The van der Waals surface area contributed by atoms with Crippen molar-refractivity contribution in [2.75, 3.05) is 12.4 Å². The summed E-state index contributed by atoms with van der Waals surface area (Å²) in [6, 6.07) is 9.42. The first-order valence-corrected chi connectivity index (χ1v) is 7.54. The minimum Gasteiger partial charge on any atom is -0.355 e. The molecule has 2 aromatic carbocycles. The molecule has 0 unspecified atom stereocenters. The van der Waals surface area contributed by atoms with E-state index >= 15 is 0 Å². The molecular formula is C18H20FN3O2. The Morgan fingerprint density at radius 2 is 1.88 bits per heavy atom. The van der Waals surface area contributed by atoms with Gasteiger partial charge in [-0.2, -0.15) is 0 Å². The van der Waals surface area contributed by atoms with Crippen molar-refractivity contribution in [1.29, 1.82) is 0 Å². The fraction of sp³-hybridized carbons (Fsp3) is 0.222. The standard InChI is InChI=1S/C18H20FN3O2/c1-11-9-13(7-8-15(11)19)10-21-18(24)22-16-6-4-5-14(12(16)2)17(23)20-3/h4-9H,10H2,1-3H3,(H,20,23)(H2,21,22,24). The van der Waals surface area contributed by atoms with Crippen LogP contribution in [-0.4, -0.2) is 19.0 Å². The highest BCUT2D eigenvalue weighted by Crippen LogP contribution is 2.19. The Balaban J connectivity index is 2.02. The summed E-state index contributed by atoms with van der Waals surface area (Å²) in [5, 5.41) is 7.99. The molecule has 2 rings (SSSR count). The summed E-state index contributed by atoms with van der Waals surface area (Å²) in [5.41, 5.74) is 3.08. The predicted molar refractivity (Wildman–Crippen MR) is 91.6 cm³/mol. The van der Waals surface area contributed by atoms with E-state index in [-0.39, 0.29) is 18.3 Å². The van der Waals surface area contributed by atoms with Gasteiger partial charge in [-0.1, -0.05) is 18.2 Å². The Kier molecular flexibility index (Phi) is 5.52. The van der Waals surface area contributed by atoms with Crippen LogP contribution in [0.3, 0.4) is 0 Å². The van der Waals surface area contributed by atoms with E-state index in [9.17, 15) is 14.0 Å². The summed E-state index contributed by atoms with van der Waals surface area (Å²) in [4.78, 5) is 23.8. The molecule has 0 saturated carbocycles. The molecule has 2 aromatic rings. The second-order valence-electron chi connectivity index (χ2n) is 5.45. The highest BCUT2D eigenvalue weighted by atomic mass is 19.1. The third-order valence-electron chi connectivity index (χ3n) is 3.73. The fourth-order valence-corrected chi connectivity index (χ4v) is 2.32. The van der Waals surface area contributed by atoms with Crippen LogP contribution in [0.1, 0.15) is 27.0 Å². The van der Waals surface area contributed by atoms with E-state index in [0.29, 0.717) is 22.4 Å². The molecule has 0 fully saturated rings. The van der Waals surface area contributed by atoms with Gasteiger partial charge < -0.3 is 16.0 Å². The van der Waals surface area contributed by atoms with Crippen molar-refractivity contribution >= 4 is 17.6 Å². The average Bonchev–Trinajstić information content (AvgIpc) is 2.57. The lowest BCUT2D eigenvalue weighted by Gasteiger charge is -2.13. The summed E-state index contributed by atoms with van der Waals surface area (Å²) < 4.78 is 13.2. The van der Waals surface area contributed by atoms with Crippen LogP contribution in [0.15, 0.2) is 36.4 Å². The minimum atomic E-state index is -0.394. The number of hydrogen-bond acceptors (Lipinski definition) is 2. The molecule has 0 aliphatic rings. The maximum Gasteiger partial charge on any atom is 0.319 e. The molecule has 3 amide bonds. The van der Waals surface area contributed by atoms with Crippen LogP contribution in [0.4, 0.5) is 14.9 Å². The van der Waals surface area contributed by atoms with Gasteiger partial charge in [0.1, 0.15) is 5.82 Å². The lowest BCUT2D eigenvalue weighted by molar-refractivity contribution is 0.0962. The highest BCUT2D eigenvalue weighted by molar-refractivity contribution is 5.98. The van der Waals surface area contributed by atoms with Crippen molar-refractivity contribution in [3.05, 3.63) is 64.5 Å². The fourth-order valence-electron chi connectivity index (χ4n) is 2.32. The second kappa shape index (κ2) is 7.59. The predicted octanol–water partition coefficient (Wildman–Crippen LogP) is 3.12. The minimum absolute atomic E-state index is 0.210. The third-order valence-corrected chi connectivity index (χ3v) is 3.73. The van der Waals surface area contributed by atoms with Crippen LogP contribution in [-0.2, 0) is 6.54 Å². The molecular weight excluding hydrogens is 309 g/mol. The van der Waals surface area contributed by atoms with Gasteiger partial charge in [0, 0.05) is 24.8 Å². The maximum absolute atomic E-state index is 13.2. The van der Waals surface area contributed by atoms with Gasteiger partial charge in [0.2, 0.25) is 0 Å². The van der Waals surface area contributed by atoms with E-state index in [0.717, 1.165) is 5.56 Å². The molecule has 126 valence electrons. The van der Waals surface area contributed by atoms with E-state index < -0.39 is 6.03 Å². The zero-order valence-electron chi connectivity index (χ0n) is 13.9. The number of carbonyl (C=O) groups excluding carboxylic acids is 2. The smallest absolute Gasteiger partial charge is 0.319 e. The number of carbonyl (C=O) groups is 2. The Hall–Kier alpha value is -2.89. The van der Waals surface area contributed by atoms with Gasteiger partial charge in [0.25, 0.3) is 5.91 Å². The number of aryl methyl sites for hydroxylation is 1. The number of benzene rings is 2. The Morgan fingerprint density at radius 3 is 2.54 bits per heavy atom. The molecule has 0 aliphatic carbocycles. The molecule has 0 spiro atoms. The van der Waals surface area contributed by atoms with E-state index in [1.54, 1.807) is 51.2 Å². The van der Waals surface area contributed by atoms with Crippen LogP contribution in [0, 0.1) is 19.7 Å². The van der Waals surface area contributed by atoms with Gasteiger partial charge in [-0.05, 0) is 48.7 Å². The largest absolute Gasteiger partial charge is 0.355 e. The molecule has 0 radical (unpaired) electrons. The van der Waals surface area contributed by atoms with E-state index in [1.807, 2.05) is 0 Å². The summed E-state index contributed by atoms with van der Waals surface area (Å²) in [6.45, 7) is 3.72. The van der Waals surface area contributed by atoms with Gasteiger partial charge in [-0.3, -0.25) is 4.79 Å². The molecule has 3 N–H and O–H groups in total. The zero-order valence-corrected chi connectivity index (χ0v) is 13.9. The van der Waals surface area contributed by atoms with Crippen molar-refractivity contribution in [3.63, 3.8) is 0 Å². The number of nitrogens with one attached hydrogen (secondary N) is 3. The van der Waals surface area contributed by atoms with Gasteiger partial charge in [0.15, 0.2) is 0 Å². The highest BCUT2D eigenvalue weighted by Gasteiger charge is 2.12. The van der Waals surface area contributed by atoms with Crippen molar-refractivity contribution < 1.29 is 14.0 Å². The normalized spacial score (nSPS) is 10.2. The summed E-state index contributed by atoms with van der Waals surface area (Å²) >= 11 is 0. The van der Waals surface area contributed by atoms with Crippen LogP contribution in [0.2, 0.25) is 0 Å². The third kappa shape index (κ3) is 4.10. The topological polar surface area (TPSA) is 70.2 Å². The van der Waals surface area contributed by atoms with Gasteiger partial charge in [0.05, 0.1) is 0 Å². The molecule has 0 atom stereocenters. The quantitative estimate of drug-likeness (QED) is 0.806. The lowest BCUT2D eigenvalue weighted by atomic mass is 10.1. The Bertz CT molecular complexity index is 775. The lowest BCUT2D eigenvalue weighted by Crippen LogP contribution is -2.29.